The molecule has 80 valence electrons. The Morgan fingerprint density at radius 2 is 1.79 bits per heavy atom. The first-order chi connectivity index (χ1) is 6.31. The van der Waals surface area contributed by atoms with Crippen LogP contribution in [0.1, 0.15) is 40.5 Å². The van der Waals surface area contributed by atoms with Crippen LogP contribution in [0.4, 0.5) is 0 Å². The molecule has 1 fully saturated rings. The lowest BCUT2D eigenvalue weighted by Crippen LogP contribution is -2.52. The third kappa shape index (κ3) is 1.92. The zero-order valence-electron chi connectivity index (χ0n) is 9.37. The molecule has 0 aromatic carbocycles. The van der Waals surface area contributed by atoms with E-state index in [1.54, 1.807) is 13.8 Å². The fraction of sp³-hybridized carbons (Fsp3) is 0.909. The minimum absolute atomic E-state index is 0.0244. The van der Waals surface area contributed by atoms with Crippen molar-refractivity contribution in [1.82, 2.24) is 0 Å². The molecule has 1 rings (SSSR count). The van der Waals surface area contributed by atoms with Gasteiger partial charge in [-0.25, -0.2) is 0 Å². The smallest absolute Gasteiger partial charge is 0.0876 e. The van der Waals surface area contributed by atoms with E-state index in [-0.39, 0.29) is 12.2 Å². The predicted molar refractivity (Wildman–Crippen MR) is 53.6 cm³/mol. The second kappa shape index (κ2) is 3.52. The van der Waals surface area contributed by atoms with Gasteiger partial charge in [0, 0.05) is 12.8 Å². The minimum atomic E-state index is -0.918. The summed E-state index contributed by atoms with van der Waals surface area (Å²) in [6.07, 6.45) is 1.13. The molecule has 0 aromatic rings. The number of ether oxygens (including phenoxy) is 1. The van der Waals surface area contributed by atoms with E-state index < -0.39 is 11.0 Å². The standard InChI is InChI=1S/C11H19NO2/c1-8-5-11(13,6-9(2)14-8)10(3,4)7-12/h8-9,13H,5-6H2,1-4H3. The van der Waals surface area contributed by atoms with E-state index in [0.717, 1.165) is 0 Å². The molecule has 2 atom stereocenters. The van der Waals surface area contributed by atoms with E-state index in [9.17, 15) is 5.11 Å². The van der Waals surface area contributed by atoms with Gasteiger partial charge in [0.2, 0.25) is 0 Å². The molecule has 1 aliphatic heterocycles. The zero-order chi connectivity index (χ0) is 11.0. The summed E-state index contributed by atoms with van der Waals surface area (Å²) >= 11 is 0. The third-order valence-electron chi connectivity index (χ3n) is 3.16. The van der Waals surface area contributed by atoms with Gasteiger partial charge >= 0.3 is 0 Å². The fourth-order valence-electron chi connectivity index (χ4n) is 2.14. The average molecular weight is 197 g/mol. The molecule has 2 unspecified atom stereocenters. The van der Waals surface area contributed by atoms with Crippen LogP contribution < -0.4 is 0 Å². The summed E-state index contributed by atoms with van der Waals surface area (Å²) in [5, 5.41) is 19.5. The Balaban J connectivity index is 2.89. The minimum Gasteiger partial charge on any atom is -0.388 e. The highest BCUT2D eigenvalue weighted by atomic mass is 16.5. The van der Waals surface area contributed by atoms with Crippen LogP contribution in [0, 0.1) is 16.7 Å². The molecule has 3 nitrogen and oxygen atoms in total. The van der Waals surface area contributed by atoms with E-state index >= 15 is 0 Å². The molecule has 0 radical (unpaired) electrons. The van der Waals surface area contributed by atoms with Crippen LogP contribution in [-0.4, -0.2) is 22.9 Å². The Labute approximate surface area is 85.7 Å². The molecule has 1 aliphatic rings. The summed E-state index contributed by atoms with van der Waals surface area (Å²) in [5.41, 5.74) is -1.63. The largest absolute Gasteiger partial charge is 0.388 e. The van der Waals surface area contributed by atoms with Crippen LogP contribution >= 0.6 is 0 Å². The highest BCUT2D eigenvalue weighted by Gasteiger charge is 2.48. The van der Waals surface area contributed by atoms with Crippen molar-refractivity contribution in [2.75, 3.05) is 0 Å². The SMILES string of the molecule is CC1CC(O)(C(C)(C)C#N)CC(C)O1. The Kier molecular flexibility index (Phi) is 2.89. The van der Waals surface area contributed by atoms with Gasteiger partial charge in [-0.05, 0) is 27.7 Å². The second-order valence-electron chi connectivity index (χ2n) is 4.93. The Hall–Kier alpha value is -0.590. The Morgan fingerprint density at radius 3 is 2.14 bits per heavy atom. The Morgan fingerprint density at radius 1 is 1.36 bits per heavy atom. The van der Waals surface area contributed by atoms with Gasteiger partial charge in [0.25, 0.3) is 0 Å². The van der Waals surface area contributed by atoms with Gasteiger partial charge in [-0.3, -0.25) is 0 Å². The van der Waals surface area contributed by atoms with Crippen LogP contribution in [0.2, 0.25) is 0 Å². The molecule has 0 aromatic heterocycles. The zero-order valence-corrected chi connectivity index (χ0v) is 9.37. The van der Waals surface area contributed by atoms with Gasteiger partial charge in [0.05, 0.1) is 29.3 Å². The normalized spacial score (nSPS) is 39.1. The number of nitriles is 1. The molecule has 1 heterocycles. The summed E-state index contributed by atoms with van der Waals surface area (Å²) < 4.78 is 5.55. The van der Waals surface area contributed by atoms with Crippen molar-refractivity contribution in [3.8, 4) is 6.07 Å². The lowest BCUT2D eigenvalue weighted by Gasteiger charge is -2.45. The van der Waals surface area contributed by atoms with Crippen molar-refractivity contribution in [2.24, 2.45) is 5.41 Å². The van der Waals surface area contributed by atoms with Crippen molar-refractivity contribution >= 4 is 0 Å². The number of aliphatic hydroxyl groups is 1. The van der Waals surface area contributed by atoms with E-state index in [1.165, 1.54) is 0 Å². The molecule has 0 amide bonds. The summed E-state index contributed by atoms with van der Waals surface area (Å²) in [4.78, 5) is 0. The highest BCUT2D eigenvalue weighted by molar-refractivity contribution is 5.08. The monoisotopic (exact) mass is 197 g/mol. The molecule has 3 heteroatoms. The molecule has 0 aliphatic carbocycles. The average Bonchev–Trinajstić information content (AvgIpc) is 2.01. The van der Waals surface area contributed by atoms with Gasteiger partial charge in [0.1, 0.15) is 0 Å². The van der Waals surface area contributed by atoms with Gasteiger partial charge in [-0.1, -0.05) is 0 Å². The molecular weight excluding hydrogens is 178 g/mol. The summed E-state index contributed by atoms with van der Waals surface area (Å²) in [6, 6.07) is 2.19. The van der Waals surface area contributed by atoms with Crippen molar-refractivity contribution < 1.29 is 9.84 Å². The maximum absolute atomic E-state index is 10.4. The molecule has 14 heavy (non-hydrogen) atoms. The molecular formula is C11H19NO2. The van der Waals surface area contributed by atoms with Gasteiger partial charge in [-0.2, -0.15) is 5.26 Å². The van der Waals surface area contributed by atoms with E-state index in [4.69, 9.17) is 10.00 Å². The van der Waals surface area contributed by atoms with E-state index in [2.05, 4.69) is 6.07 Å². The molecule has 0 spiro atoms. The number of hydrogen-bond acceptors (Lipinski definition) is 3. The van der Waals surface area contributed by atoms with Gasteiger partial charge in [-0.15, -0.1) is 0 Å². The van der Waals surface area contributed by atoms with Crippen molar-refractivity contribution in [3.63, 3.8) is 0 Å². The topological polar surface area (TPSA) is 53.2 Å². The fourth-order valence-corrected chi connectivity index (χ4v) is 2.14. The van der Waals surface area contributed by atoms with E-state index in [0.29, 0.717) is 12.8 Å². The molecule has 1 saturated heterocycles. The Bertz CT molecular complexity index is 245. The molecule has 1 N–H and O–H groups in total. The first-order valence-electron chi connectivity index (χ1n) is 5.10. The van der Waals surface area contributed by atoms with Crippen molar-refractivity contribution in [1.29, 1.82) is 5.26 Å². The van der Waals surface area contributed by atoms with Gasteiger partial charge in [0.15, 0.2) is 0 Å². The summed E-state index contributed by atoms with van der Waals surface area (Å²) in [7, 11) is 0. The lowest BCUT2D eigenvalue weighted by atomic mass is 9.69. The summed E-state index contributed by atoms with van der Waals surface area (Å²) in [6.45, 7) is 7.46. The van der Waals surface area contributed by atoms with E-state index in [1.807, 2.05) is 13.8 Å². The first kappa shape index (κ1) is 11.5. The maximum atomic E-state index is 10.4. The van der Waals surface area contributed by atoms with Gasteiger partial charge < -0.3 is 9.84 Å². The van der Waals surface area contributed by atoms with Crippen LogP contribution in [-0.2, 0) is 4.74 Å². The van der Waals surface area contributed by atoms with Crippen molar-refractivity contribution in [2.45, 2.75) is 58.3 Å². The lowest BCUT2D eigenvalue weighted by molar-refractivity contribution is -0.165. The molecule has 0 saturated carbocycles. The first-order valence-corrected chi connectivity index (χ1v) is 5.10. The number of rotatable bonds is 1. The number of nitrogens with zero attached hydrogens (tertiary/aromatic N) is 1. The third-order valence-corrected chi connectivity index (χ3v) is 3.16. The number of hydrogen-bond donors (Lipinski definition) is 1. The highest BCUT2D eigenvalue weighted by Crippen LogP contribution is 2.41. The molecule has 0 bridgehead atoms. The summed E-state index contributed by atoms with van der Waals surface area (Å²) in [5.74, 6) is 0. The second-order valence-corrected chi connectivity index (χ2v) is 4.93. The van der Waals surface area contributed by atoms with Crippen molar-refractivity contribution in [3.05, 3.63) is 0 Å². The maximum Gasteiger partial charge on any atom is 0.0876 e. The van der Waals surface area contributed by atoms with Crippen LogP contribution in [0.25, 0.3) is 0 Å². The van der Waals surface area contributed by atoms with Crippen LogP contribution in [0.5, 0.6) is 0 Å². The van der Waals surface area contributed by atoms with Crippen LogP contribution in [0.3, 0.4) is 0 Å². The van der Waals surface area contributed by atoms with Crippen LogP contribution in [0.15, 0.2) is 0 Å². The quantitative estimate of drug-likeness (QED) is 0.698. The predicted octanol–water partition coefficient (Wildman–Crippen LogP) is 1.85.